The molecule has 0 amide bonds. The average molecular weight is 509 g/mol. The Bertz CT molecular complexity index is 1290. The third-order valence-corrected chi connectivity index (χ3v) is 6.90. The Hall–Kier alpha value is -3.34. The lowest BCUT2D eigenvalue weighted by Crippen LogP contribution is -2.05. The summed E-state index contributed by atoms with van der Waals surface area (Å²) in [7, 11) is 0. The zero-order chi connectivity index (χ0) is 26.4. The molecule has 0 aromatic heterocycles. The van der Waals surface area contributed by atoms with Crippen molar-refractivity contribution in [3.63, 3.8) is 0 Å². The number of benzene rings is 3. The van der Waals surface area contributed by atoms with Crippen molar-refractivity contribution in [3.8, 4) is 28.0 Å². The van der Waals surface area contributed by atoms with Gasteiger partial charge >= 0.3 is 0 Å². The minimum Gasteiger partial charge on any atom is -0.490 e. The van der Waals surface area contributed by atoms with E-state index in [1.807, 2.05) is 19.1 Å². The van der Waals surface area contributed by atoms with Crippen molar-refractivity contribution < 1.29 is 22.3 Å². The molecule has 0 bridgehead atoms. The molecule has 1 unspecified atom stereocenters. The lowest BCUT2D eigenvalue weighted by molar-refractivity contribution is 0.286. The predicted octanol–water partition coefficient (Wildman–Crippen LogP) is 9.91. The Morgan fingerprint density at radius 3 is 1.97 bits per heavy atom. The minimum absolute atomic E-state index is 0.0763. The molecular weight excluding hydrogens is 476 g/mol. The van der Waals surface area contributed by atoms with E-state index >= 15 is 8.78 Å². The number of halogens is 4. The van der Waals surface area contributed by atoms with Gasteiger partial charge in [0.2, 0.25) is 5.82 Å². The molecule has 0 radical (unpaired) electrons. The topological polar surface area (TPSA) is 9.23 Å². The lowest BCUT2D eigenvalue weighted by Gasteiger charge is -2.20. The Kier molecular flexibility index (Phi) is 8.86. The molecule has 3 aromatic rings. The van der Waals surface area contributed by atoms with Crippen LogP contribution in [0.1, 0.15) is 57.9 Å². The molecule has 1 atom stereocenters. The standard InChI is InChI=1S/C32H32F4O/c1-3-5-6-20-37-28-19-18-27(31(35)32(28)36)24-14-12-23(13-15-24)26-17-16-25(29(33)30(26)34)22-10-8-21(7-4-2)9-11-22/h4,7,10,12-19,21H,3,5-6,8-9,11,20H2,1-2H3. The highest BCUT2D eigenvalue weighted by Gasteiger charge is 2.21. The highest BCUT2D eigenvalue weighted by atomic mass is 19.2. The number of ether oxygens (including phenoxy) is 1. The molecule has 37 heavy (non-hydrogen) atoms. The van der Waals surface area contributed by atoms with Gasteiger partial charge in [0.1, 0.15) is 0 Å². The second-order valence-electron chi connectivity index (χ2n) is 9.45. The summed E-state index contributed by atoms with van der Waals surface area (Å²) in [6, 6.07) is 12.4. The Morgan fingerprint density at radius 1 is 0.784 bits per heavy atom. The maximum absolute atomic E-state index is 15.1. The highest BCUT2D eigenvalue weighted by Crippen LogP contribution is 2.36. The van der Waals surface area contributed by atoms with Crippen molar-refractivity contribution in [1.82, 2.24) is 0 Å². The van der Waals surface area contributed by atoms with Crippen molar-refractivity contribution in [1.29, 1.82) is 0 Å². The van der Waals surface area contributed by atoms with E-state index in [9.17, 15) is 8.78 Å². The molecule has 1 nitrogen and oxygen atoms in total. The summed E-state index contributed by atoms with van der Waals surface area (Å²) in [6.45, 7) is 4.36. The van der Waals surface area contributed by atoms with E-state index in [1.54, 1.807) is 36.4 Å². The van der Waals surface area contributed by atoms with Gasteiger partial charge in [0.05, 0.1) is 6.61 Å². The van der Waals surface area contributed by atoms with E-state index in [-0.39, 0.29) is 16.9 Å². The van der Waals surface area contributed by atoms with Crippen LogP contribution in [0.15, 0.2) is 66.8 Å². The van der Waals surface area contributed by atoms with Gasteiger partial charge in [0.25, 0.3) is 0 Å². The van der Waals surface area contributed by atoms with Crippen LogP contribution in [0.3, 0.4) is 0 Å². The van der Waals surface area contributed by atoms with Crippen LogP contribution >= 0.6 is 0 Å². The molecule has 4 rings (SSSR count). The zero-order valence-corrected chi connectivity index (χ0v) is 21.3. The fourth-order valence-corrected chi connectivity index (χ4v) is 4.80. The van der Waals surface area contributed by atoms with Gasteiger partial charge < -0.3 is 4.74 Å². The molecule has 0 spiro atoms. The van der Waals surface area contributed by atoms with Gasteiger partial charge in [-0.1, -0.05) is 74.4 Å². The first-order chi connectivity index (χ1) is 17.9. The minimum atomic E-state index is -1.03. The predicted molar refractivity (Wildman–Crippen MR) is 142 cm³/mol. The highest BCUT2D eigenvalue weighted by molar-refractivity contribution is 5.74. The summed E-state index contributed by atoms with van der Waals surface area (Å²) in [4.78, 5) is 0. The first kappa shape index (κ1) is 26.7. The molecule has 0 fully saturated rings. The Labute approximate surface area is 216 Å². The summed E-state index contributed by atoms with van der Waals surface area (Å²) in [6.07, 6.45) is 11.3. The second-order valence-corrected chi connectivity index (χ2v) is 9.45. The van der Waals surface area contributed by atoms with Crippen LogP contribution in [0.25, 0.3) is 27.8 Å². The third-order valence-electron chi connectivity index (χ3n) is 6.90. The maximum Gasteiger partial charge on any atom is 0.201 e. The van der Waals surface area contributed by atoms with Crippen LogP contribution in [0.5, 0.6) is 5.75 Å². The van der Waals surface area contributed by atoms with Crippen molar-refractivity contribution >= 4 is 5.57 Å². The van der Waals surface area contributed by atoms with E-state index < -0.39 is 23.3 Å². The molecule has 1 aliphatic rings. The van der Waals surface area contributed by atoms with Crippen LogP contribution in [0.4, 0.5) is 17.6 Å². The number of unbranched alkanes of at least 4 members (excludes halogenated alkanes) is 2. The smallest absolute Gasteiger partial charge is 0.201 e. The number of hydrogen-bond donors (Lipinski definition) is 0. The Balaban J connectivity index is 1.53. The molecular formula is C32H32F4O. The van der Waals surface area contributed by atoms with Crippen molar-refractivity contribution in [2.24, 2.45) is 5.92 Å². The number of rotatable bonds is 9. The van der Waals surface area contributed by atoms with E-state index in [2.05, 4.69) is 13.0 Å². The quantitative estimate of drug-likeness (QED) is 0.159. The Morgan fingerprint density at radius 2 is 1.38 bits per heavy atom. The van der Waals surface area contributed by atoms with Crippen LogP contribution in [0.2, 0.25) is 0 Å². The number of hydrogen-bond acceptors (Lipinski definition) is 1. The van der Waals surface area contributed by atoms with Gasteiger partial charge in [-0.05, 0) is 67.4 Å². The molecule has 0 N–H and O–H groups in total. The molecule has 5 heteroatoms. The molecule has 0 saturated heterocycles. The van der Waals surface area contributed by atoms with E-state index in [4.69, 9.17) is 4.74 Å². The first-order valence-corrected chi connectivity index (χ1v) is 13.0. The molecule has 1 aliphatic carbocycles. The molecule has 0 heterocycles. The fraction of sp³-hybridized carbons (Fsp3) is 0.312. The van der Waals surface area contributed by atoms with Gasteiger partial charge in [-0.25, -0.2) is 13.2 Å². The molecule has 3 aromatic carbocycles. The van der Waals surface area contributed by atoms with Gasteiger partial charge in [-0.3, -0.25) is 0 Å². The second kappa shape index (κ2) is 12.3. The van der Waals surface area contributed by atoms with Gasteiger partial charge in [-0.15, -0.1) is 0 Å². The SMILES string of the molecule is CC=CC1CC=C(c2ccc(-c3ccc(-c4ccc(OCCCCC)c(F)c4F)cc3)c(F)c2F)CC1. The van der Waals surface area contributed by atoms with Crippen LogP contribution in [0, 0.1) is 29.2 Å². The lowest BCUT2D eigenvalue weighted by atomic mass is 9.85. The largest absolute Gasteiger partial charge is 0.490 e. The summed E-state index contributed by atoms with van der Waals surface area (Å²) in [5.74, 6) is -3.48. The van der Waals surface area contributed by atoms with Crippen molar-refractivity contribution in [2.75, 3.05) is 6.61 Å². The van der Waals surface area contributed by atoms with Crippen LogP contribution < -0.4 is 4.74 Å². The molecule has 0 aliphatic heterocycles. The molecule has 0 saturated carbocycles. The summed E-state index contributed by atoms with van der Waals surface area (Å²) in [5, 5.41) is 0. The normalized spacial score (nSPS) is 15.7. The number of allylic oxidation sites excluding steroid dienone is 4. The summed E-state index contributed by atoms with van der Waals surface area (Å²) < 4.78 is 64.9. The summed E-state index contributed by atoms with van der Waals surface area (Å²) >= 11 is 0. The van der Waals surface area contributed by atoms with Crippen molar-refractivity contribution in [3.05, 3.63) is 95.6 Å². The molecule has 194 valence electrons. The van der Waals surface area contributed by atoms with Gasteiger partial charge in [-0.2, -0.15) is 4.39 Å². The third kappa shape index (κ3) is 5.98. The van der Waals surface area contributed by atoms with E-state index in [0.29, 0.717) is 35.6 Å². The van der Waals surface area contributed by atoms with Crippen LogP contribution in [-0.4, -0.2) is 6.61 Å². The monoisotopic (exact) mass is 508 g/mol. The fourth-order valence-electron chi connectivity index (χ4n) is 4.80. The zero-order valence-electron chi connectivity index (χ0n) is 21.3. The van der Waals surface area contributed by atoms with E-state index in [1.165, 1.54) is 12.1 Å². The summed E-state index contributed by atoms with van der Waals surface area (Å²) in [5.41, 5.74) is 2.21. The average Bonchev–Trinajstić information content (AvgIpc) is 2.91. The van der Waals surface area contributed by atoms with Crippen LogP contribution in [-0.2, 0) is 0 Å². The van der Waals surface area contributed by atoms with Gasteiger partial charge in [0.15, 0.2) is 23.2 Å². The maximum atomic E-state index is 15.1. The van der Waals surface area contributed by atoms with Gasteiger partial charge in [0, 0.05) is 16.7 Å². The van der Waals surface area contributed by atoms with E-state index in [0.717, 1.165) is 37.7 Å². The first-order valence-electron chi connectivity index (χ1n) is 13.0. The van der Waals surface area contributed by atoms with Crippen molar-refractivity contribution in [2.45, 2.75) is 52.4 Å².